The van der Waals surface area contributed by atoms with Crippen molar-refractivity contribution in [1.29, 1.82) is 0 Å². The van der Waals surface area contributed by atoms with Crippen molar-refractivity contribution < 1.29 is 4.79 Å². The van der Waals surface area contributed by atoms with Crippen molar-refractivity contribution in [2.75, 3.05) is 0 Å². The monoisotopic (exact) mass is 267 g/mol. The Morgan fingerprint density at radius 1 is 1.11 bits per heavy atom. The number of rotatable bonds is 10. The molecule has 0 aromatic carbocycles. The highest BCUT2D eigenvalue weighted by Gasteiger charge is 2.08. The summed E-state index contributed by atoms with van der Waals surface area (Å²) in [6.07, 6.45) is 12.6. The molecule has 0 aliphatic heterocycles. The standard InChI is InChI=1S/C15H25NOS/c1-3-4-5-6-7-8-9-10-11-14(17)15-12-16-13(2)18-15/h12H,3-11H2,1-2H3. The summed E-state index contributed by atoms with van der Waals surface area (Å²) in [7, 11) is 0. The van der Waals surface area contributed by atoms with Crippen LogP contribution in [0.5, 0.6) is 0 Å². The first-order chi connectivity index (χ1) is 8.74. The van der Waals surface area contributed by atoms with E-state index in [1.54, 1.807) is 6.20 Å². The van der Waals surface area contributed by atoms with Gasteiger partial charge in [-0.1, -0.05) is 51.9 Å². The molecule has 0 bridgehead atoms. The average Bonchev–Trinajstić information content (AvgIpc) is 2.79. The number of hydrogen-bond acceptors (Lipinski definition) is 3. The molecule has 18 heavy (non-hydrogen) atoms. The zero-order valence-corrected chi connectivity index (χ0v) is 12.5. The molecular formula is C15H25NOS. The van der Waals surface area contributed by atoms with Crippen LogP contribution in [-0.4, -0.2) is 10.8 Å². The van der Waals surface area contributed by atoms with Crippen molar-refractivity contribution in [3.8, 4) is 0 Å². The summed E-state index contributed by atoms with van der Waals surface area (Å²) in [6.45, 7) is 4.19. The average molecular weight is 267 g/mol. The van der Waals surface area contributed by atoms with E-state index in [1.165, 1.54) is 56.3 Å². The van der Waals surface area contributed by atoms with E-state index in [-0.39, 0.29) is 5.78 Å². The van der Waals surface area contributed by atoms with Gasteiger partial charge in [-0.2, -0.15) is 0 Å². The summed E-state index contributed by atoms with van der Waals surface area (Å²) in [5, 5.41) is 0.981. The number of Topliss-reactive ketones (excluding diaryl/α,β-unsaturated/α-hetero) is 1. The molecule has 0 spiro atoms. The molecule has 1 rings (SSSR count). The molecule has 0 atom stereocenters. The van der Waals surface area contributed by atoms with Gasteiger partial charge in [-0.15, -0.1) is 11.3 Å². The number of aromatic nitrogens is 1. The number of unbranched alkanes of at least 4 members (excludes halogenated alkanes) is 7. The maximum absolute atomic E-state index is 11.8. The largest absolute Gasteiger partial charge is 0.293 e. The molecule has 0 fully saturated rings. The van der Waals surface area contributed by atoms with E-state index in [4.69, 9.17) is 0 Å². The van der Waals surface area contributed by atoms with Gasteiger partial charge in [-0.05, 0) is 13.3 Å². The zero-order valence-electron chi connectivity index (χ0n) is 11.7. The molecule has 1 aromatic rings. The van der Waals surface area contributed by atoms with Crippen LogP contribution in [0.15, 0.2) is 6.20 Å². The lowest BCUT2D eigenvalue weighted by Gasteiger charge is -2.00. The number of carbonyl (C=O) groups excluding carboxylic acids is 1. The van der Waals surface area contributed by atoms with Crippen LogP contribution in [0.2, 0.25) is 0 Å². The van der Waals surface area contributed by atoms with Crippen LogP contribution in [0.3, 0.4) is 0 Å². The Morgan fingerprint density at radius 3 is 2.28 bits per heavy atom. The highest BCUT2D eigenvalue weighted by atomic mass is 32.1. The SMILES string of the molecule is CCCCCCCCCCC(=O)c1cnc(C)s1. The number of hydrogen-bond donors (Lipinski definition) is 0. The molecule has 3 heteroatoms. The molecule has 0 aliphatic carbocycles. The van der Waals surface area contributed by atoms with E-state index < -0.39 is 0 Å². The van der Waals surface area contributed by atoms with Crippen molar-refractivity contribution >= 4 is 17.1 Å². The number of aryl methyl sites for hydroxylation is 1. The van der Waals surface area contributed by atoms with Gasteiger partial charge < -0.3 is 0 Å². The highest BCUT2D eigenvalue weighted by Crippen LogP contribution is 2.16. The molecule has 0 unspecified atom stereocenters. The fourth-order valence-corrected chi connectivity index (χ4v) is 2.78. The second-order valence-electron chi connectivity index (χ2n) is 4.89. The summed E-state index contributed by atoms with van der Waals surface area (Å²) in [4.78, 5) is 16.8. The lowest BCUT2D eigenvalue weighted by molar-refractivity contribution is 0.0983. The van der Waals surface area contributed by atoms with E-state index in [0.29, 0.717) is 6.42 Å². The summed E-state index contributed by atoms with van der Waals surface area (Å²) >= 11 is 1.51. The van der Waals surface area contributed by atoms with Crippen LogP contribution in [0.4, 0.5) is 0 Å². The molecule has 0 radical (unpaired) electrons. The summed E-state index contributed by atoms with van der Waals surface area (Å²) in [5.74, 6) is 0.270. The van der Waals surface area contributed by atoms with Crippen LogP contribution in [-0.2, 0) is 0 Å². The number of nitrogens with zero attached hydrogens (tertiary/aromatic N) is 1. The maximum Gasteiger partial charge on any atom is 0.174 e. The summed E-state index contributed by atoms with van der Waals surface area (Å²) in [5.41, 5.74) is 0. The van der Waals surface area contributed by atoms with E-state index in [0.717, 1.165) is 16.3 Å². The number of thiazole rings is 1. The lowest BCUT2D eigenvalue weighted by Crippen LogP contribution is -1.95. The van der Waals surface area contributed by atoms with Crippen LogP contribution in [0.25, 0.3) is 0 Å². The van der Waals surface area contributed by atoms with E-state index in [1.807, 2.05) is 6.92 Å². The van der Waals surface area contributed by atoms with Crippen LogP contribution >= 0.6 is 11.3 Å². The highest BCUT2D eigenvalue weighted by molar-refractivity contribution is 7.13. The second-order valence-corrected chi connectivity index (χ2v) is 6.13. The van der Waals surface area contributed by atoms with Crippen molar-refractivity contribution in [3.63, 3.8) is 0 Å². The molecule has 1 aromatic heterocycles. The zero-order chi connectivity index (χ0) is 13.2. The molecule has 0 amide bonds. The Balaban J connectivity index is 1.99. The first-order valence-corrected chi connectivity index (χ1v) is 8.01. The molecule has 2 nitrogen and oxygen atoms in total. The molecule has 0 saturated heterocycles. The molecule has 0 N–H and O–H groups in total. The van der Waals surface area contributed by atoms with Crippen molar-refractivity contribution in [2.24, 2.45) is 0 Å². The van der Waals surface area contributed by atoms with E-state index >= 15 is 0 Å². The van der Waals surface area contributed by atoms with Gasteiger partial charge >= 0.3 is 0 Å². The number of carbonyl (C=O) groups is 1. The Hall–Kier alpha value is -0.700. The van der Waals surface area contributed by atoms with Crippen molar-refractivity contribution in [3.05, 3.63) is 16.1 Å². The quantitative estimate of drug-likeness (QED) is 0.432. The van der Waals surface area contributed by atoms with Crippen LogP contribution < -0.4 is 0 Å². The van der Waals surface area contributed by atoms with Gasteiger partial charge in [0, 0.05) is 12.6 Å². The van der Waals surface area contributed by atoms with E-state index in [9.17, 15) is 4.79 Å². The van der Waals surface area contributed by atoms with Crippen molar-refractivity contribution in [1.82, 2.24) is 4.98 Å². The van der Waals surface area contributed by atoms with Gasteiger partial charge in [0.1, 0.15) is 0 Å². The first-order valence-electron chi connectivity index (χ1n) is 7.19. The minimum atomic E-state index is 0.270. The topological polar surface area (TPSA) is 30.0 Å². The fourth-order valence-electron chi connectivity index (χ4n) is 2.03. The smallest absolute Gasteiger partial charge is 0.174 e. The lowest BCUT2D eigenvalue weighted by atomic mass is 10.1. The molecule has 0 saturated carbocycles. The molecule has 102 valence electrons. The van der Waals surface area contributed by atoms with E-state index in [2.05, 4.69) is 11.9 Å². The predicted octanol–water partition coefficient (Wildman–Crippen LogP) is 5.17. The first kappa shape index (κ1) is 15.4. The third-order valence-electron chi connectivity index (χ3n) is 3.15. The minimum Gasteiger partial charge on any atom is -0.293 e. The second kappa shape index (κ2) is 9.26. The summed E-state index contributed by atoms with van der Waals surface area (Å²) in [6, 6.07) is 0. The van der Waals surface area contributed by atoms with Gasteiger partial charge in [0.2, 0.25) is 0 Å². The molecular weight excluding hydrogens is 242 g/mol. The third kappa shape index (κ3) is 6.29. The third-order valence-corrected chi connectivity index (χ3v) is 4.11. The fraction of sp³-hybridized carbons (Fsp3) is 0.733. The molecule has 0 aliphatic rings. The van der Waals surface area contributed by atoms with Crippen LogP contribution in [0, 0.1) is 6.92 Å². The Labute approximate surface area is 115 Å². The van der Waals surface area contributed by atoms with Gasteiger partial charge in [0.15, 0.2) is 5.78 Å². The van der Waals surface area contributed by atoms with Gasteiger partial charge in [-0.25, -0.2) is 4.98 Å². The minimum absolute atomic E-state index is 0.270. The maximum atomic E-state index is 11.8. The van der Waals surface area contributed by atoms with Crippen LogP contribution in [0.1, 0.15) is 79.4 Å². The Morgan fingerprint density at radius 2 is 1.72 bits per heavy atom. The van der Waals surface area contributed by atoms with Crippen molar-refractivity contribution in [2.45, 2.75) is 71.6 Å². The predicted molar refractivity (Wildman–Crippen MR) is 78.4 cm³/mol. The van der Waals surface area contributed by atoms with Gasteiger partial charge in [0.05, 0.1) is 9.88 Å². The Bertz CT molecular complexity index is 346. The van der Waals surface area contributed by atoms with Gasteiger partial charge in [0.25, 0.3) is 0 Å². The normalized spacial score (nSPS) is 10.8. The molecule has 1 heterocycles. The Kier molecular flexibility index (Phi) is 7.90. The summed E-state index contributed by atoms with van der Waals surface area (Å²) < 4.78 is 0. The van der Waals surface area contributed by atoms with Gasteiger partial charge in [-0.3, -0.25) is 4.79 Å². The number of ketones is 1.